The quantitative estimate of drug-likeness (QED) is 0.489. The maximum atomic E-state index is 10.5. The first-order chi connectivity index (χ1) is 11.7. The zero-order valence-electron chi connectivity index (χ0n) is 13.2. The average Bonchev–Trinajstić information content (AvgIpc) is 2.61. The van der Waals surface area contributed by atoms with Crippen LogP contribution in [0.4, 0.5) is 0 Å². The fourth-order valence-electron chi connectivity index (χ4n) is 4.42. The van der Waals surface area contributed by atoms with E-state index in [2.05, 4.69) is 24.3 Å². The van der Waals surface area contributed by atoms with Gasteiger partial charge in [0.2, 0.25) is 0 Å². The second-order valence-corrected chi connectivity index (χ2v) is 6.42. The van der Waals surface area contributed by atoms with Gasteiger partial charge in [-0.25, -0.2) is 0 Å². The van der Waals surface area contributed by atoms with E-state index in [0.29, 0.717) is 0 Å². The second kappa shape index (κ2) is 4.54. The van der Waals surface area contributed by atoms with Gasteiger partial charge >= 0.3 is 0 Å². The van der Waals surface area contributed by atoms with E-state index in [-0.39, 0.29) is 23.3 Å². The van der Waals surface area contributed by atoms with Crippen LogP contribution in [0.1, 0.15) is 45.2 Å². The largest absolute Gasteiger partial charge is 0.508 e. The summed E-state index contributed by atoms with van der Waals surface area (Å²) >= 11 is 0. The van der Waals surface area contributed by atoms with Crippen LogP contribution in [0.15, 0.2) is 54.6 Å². The summed E-state index contributed by atoms with van der Waals surface area (Å²) in [6.45, 7) is 0. The normalized spacial score (nSPS) is 19.4. The van der Waals surface area contributed by atoms with E-state index in [4.69, 9.17) is 4.74 Å². The van der Waals surface area contributed by atoms with Crippen molar-refractivity contribution >= 4 is 0 Å². The Kier molecular flexibility index (Phi) is 2.55. The van der Waals surface area contributed by atoms with Crippen LogP contribution in [-0.4, -0.2) is 17.3 Å². The van der Waals surface area contributed by atoms with Crippen LogP contribution in [0, 0.1) is 0 Å². The summed E-state index contributed by atoms with van der Waals surface area (Å²) in [5.74, 6) is 1.26. The van der Waals surface area contributed by atoms with Gasteiger partial charge in [-0.05, 0) is 46.5 Å². The summed E-state index contributed by atoms with van der Waals surface area (Å²) in [6, 6.07) is 17.4. The van der Waals surface area contributed by atoms with Gasteiger partial charge in [0, 0.05) is 23.0 Å². The molecule has 0 atom stereocenters. The van der Waals surface area contributed by atoms with Crippen LogP contribution in [-0.2, 0) is 0 Å². The van der Waals surface area contributed by atoms with Crippen molar-refractivity contribution in [2.75, 3.05) is 7.11 Å². The minimum atomic E-state index is -0.150. The Morgan fingerprint density at radius 1 is 0.708 bits per heavy atom. The maximum Gasteiger partial charge on any atom is 0.120 e. The van der Waals surface area contributed by atoms with Gasteiger partial charge in [0.25, 0.3) is 0 Å². The minimum Gasteiger partial charge on any atom is -0.508 e. The highest BCUT2D eigenvalue weighted by molar-refractivity contribution is 5.72. The fourth-order valence-corrected chi connectivity index (χ4v) is 4.42. The molecular formula is C21H16O3. The molecule has 0 fully saturated rings. The van der Waals surface area contributed by atoms with E-state index in [0.717, 1.165) is 33.6 Å². The highest BCUT2D eigenvalue weighted by Gasteiger charge is 2.44. The van der Waals surface area contributed by atoms with Crippen molar-refractivity contribution < 1.29 is 14.9 Å². The van der Waals surface area contributed by atoms with Gasteiger partial charge < -0.3 is 14.9 Å². The third kappa shape index (κ3) is 1.51. The molecule has 24 heavy (non-hydrogen) atoms. The lowest BCUT2D eigenvalue weighted by Crippen LogP contribution is -2.27. The first kappa shape index (κ1) is 13.5. The minimum absolute atomic E-state index is 0.00398. The lowest BCUT2D eigenvalue weighted by molar-refractivity contribution is 0.413. The highest BCUT2D eigenvalue weighted by atomic mass is 16.5. The molecule has 0 aromatic heterocycles. The number of phenolic OH excluding ortho intramolecular Hbond substituents is 2. The lowest BCUT2D eigenvalue weighted by atomic mass is 9.60. The van der Waals surface area contributed by atoms with Gasteiger partial charge in [0.1, 0.15) is 17.2 Å². The lowest BCUT2D eigenvalue weighted by Gasteiger charge is -2.42. The van der Waals surface area contributed by atoms with Crippen molar-refractivity contribution in [2.45, 2.75) is 11.8 Å². The molecule has 0 aliphatic heterocycles. The fraction of sp³-hybridized carbons (Fsp3) is 0.143. The number of ether oxygens (including phenoxy) is 1. The Morgan fingerprint density at radius 2 is 1.33 bits per heavy atom. The van der Waals surface area contributed by atoms with Gasteiger partial charge in [-0.2, -0.15) is 0 Å². The smallest absolute Gasteiger partial charge is 0.120 e. The van der Waals surface area contributed by atoms with Gasteiger partial charge in [0.15, 0.2) is 0 Å². The Labute approximate surface area is 139 Å². The molecule has 3 aliphatic rings. The number of phenols is 2. The van der Waals surface area contributed by atoms with Crippen molar-refractivity contribution in [3.05, 3.63) is 88.0 Å². The third-order valence-electron chi connectivity index (χ3n) is 5.35. The molecule has 0 saturated heterocycles. The summed E-state index contributed by atoms with van der Waals surface area (Å²) in [7, 11) is 1.67. The van der Waals surface area contributed by atoms with E-state index in [1.807, 2.05) is 18.2 Å². The molecule has 0 heterocycles. The van der Waals surface area contributed by atoms with E-state index in [1.54, 1.807) is 19.2 Å². The number of methoxy groups -OCH3 is 1. The van der Waals surface area contributed by atoms with Gasteiger partial charge in [-0.15, -0.1) is 0 Å². The molecule has 118 valence electrons. The molecule has 3 nitrogen and oxygen atoms in total. The molecule has 0 spiro atoms. The van der Waals surface area contributed by atoms with Crippen LogP contribution in [0.25, 0.3) is 0 Å². The highest BCUT2D eigenvalue weighted by Crippen LogP contribution is 2.59. The molecule has 0 amide bonds. The zero-order valence-corrected chi connectivity index (χ0v) is 13.2. The van der Waals surface area contributed by atoms with Gasteiger partial charge in [-0.3, -0.25) is 0 Å². The number of hydrogen-bond acceptors (Lipinski definition) is 3. The molecule has 3 aromatic rings. The summed E-state index contributed by atoms with van der Waals surface area (Å²) < 4.78 is 5.41. The Hall–Kier alpha value is -2.94. The summed E-state index contributed by atoms with van der Waals surface area (Å²) in [5, 5.41) is 21.0. The molecule has 0 radical (unpaired) electrons. The summed E-state index contributed by atoms with van der Waals surface area (Å²) in [4.78, 5) is 0. The first-order valence-electron chi connectivity index (χ1n) is 8.02. The van der Waals surface area contributed by atoms with E-state index < -0.39 is 0 Å². The van der Waals surface area contributed by atoms with Crippen molar-refractivity contribution in [3.8, 4) is 17.2 Å². The van der Waals surface area contributed by atoms with E-state index in [9.17, 15) is 10.2 Å². The molecule has 0 unspecified atom stereocenters. The van der Waals surface area contributed by atoms with Crippen LogP contribution >= 0.6 is 0 Å². The number of hydrogen-bond donors (Lipinski definition) is 2. The molecule has 3 heteroatoms. The van der Waals surface area contributed by atoms with E-state index in [1.165, 1.54) is 5.56 Å². The molecule has 2 N–H and O–H groups in total. The Morgan fingerprint density at radius 3 is 1.92 bits per heavy atom. The first-order valence-corrected chi connectivity index (χ1v) is 8.02. The molecule has 3 aromatic carbocycles. The van der Waals surface area contributed by atoms with Gasteiger partial charge in [-0.1, -0.05) is 30.3 Å². The summed E-state index contributed by atoms with van der Waals surface area (Å²) in [5.41, 5.74) is 6.36. The van der Waals surface area contributed by atoms with Crippen LogP contribution in [0.5, 0.6) is 17.2 Å². The monoisotopic (exact) mass is 316 g/mol. The van der Waals surface area contributed by atoms with Crippen LogP contribution < -0.4 is 4.74 Å². The topological polar surface area (TPSA) is 49.7 Å². The number of rotatable bonds is 1. The molecule has 2 bridgehead atoms. The molecule has 3 aliphatic carbocycles. The van der Waals surface area contributed by atoms with Crippen molar-refractivity contribution in [2.24, 2.45) is 0 Å². The Bertz CT molecular complexity index is 937. The van der Waals surface area contributed by atoms with E-state index >= 15 is 0 Å². The van der Waals surface area contributed by atoms with Crippen molar-refractivity contribution in [3.63, 3.8) is 0 Å². The average molecular weight is 316 g/mol. The van der Waals surface area contributed by atoms with Crippen molar-refractivity contribution in [1.82, 2.24) is 0 Å². The second-order valence-electron chi connectivity index (χ2n) is 6.42. The molecule has 6 rings (SSSR count). The molecular weight excluding hydrogens is 300 g/mol. The standard InChI is InChI=1S/C21H16O3/c1-24-11-8-9-12-15(10-11)18-13-4-2-6-16(22)19(13)21(12)20-14(18)5-3-7-17(20)23/h2-10,18,21-23H,1H3. The summed E-state index contributed by atoms with van der Waals surface area (Å²) in [6.07, 6.45) is 0. The predicted octanol–water partition coefficient (Wildman–Crippen LogP) is 4.09. The van der Waals surface area contributed by atoms with Crippen molar-refractivity contribution in [1.29, 1.82) is 0 Å². The SMILES string of the molecule is COc1ccc2c(c1)C1c3cccc(O)c3C2c2c(O)cccc21. The van der Waals surface area contributed by atoms with Crippen LogP contribution in [0.2, 0.25) is 0 Å². The third-order valence-corrected chi connectivity index (χ3v) is 5.35. The molecule has 0 saturated carbocycles. The number of aromatic hydroxyl groups is 2. The zero-order chi connectivity index (χ0) is 16.4. The Balaban J connectivity index is 1.91. The van der Waals surface area contributed by atoms with Gasteiger partial charge in [0.05, 0.1) is 7.11 Å². The number of benzene rings is 3. The maximum absolute atomic E-state index is 10.5. The van der Waals surface area contributed by atoms with Crippen LogP contribution in [0.3, 0.4) is 0 Å². The predicted molar refractivity (Wildman–Crippen MR) is 91.1 cm³/mol.